The van der Waals surface area contributed by atoms with Crippen LogP contribution in [0.15, 0.2) is 224 Å². The Kier molecular flexibility index (Phi) is 11.1. The van der Waals surface area contributed by atoms with Gasteiger partial charge < -0.3 is 0 Å². The summed E-state index contributed by atoms with van der Waals surface area (Å²) in [5, 5.41) is 7.72. The van der Waals surface area contributed by atoms with Crippen LogP contribution >= 0.6 is 0 Å². The highest BCUT2D eigenvalue weighted by Gasteiger charge is 2.32. The average Bonchev–Trinajstić information content (AvgIpc) is 3.40. The first-order valence-corrected chi connectivity index (χ1v) is 25.1. The molecule has 12 aromatic rings. The van der Waals surface area contributed by atoms with Crippen molar-refractivity contribution in [3.05, 3.63) is 258 Å². The van der Waals surface area contributed by atoms with Gasteiger partial charge in [0.2, 0.25) is 6.71 Å². The third kappa shape index (κ3) is 7.83. The molecule has 1 heteroatoms. The normalized spacial score (nSPS) is 11.5. The lowest BCUT2D eigenvalue weighted by molar-refractivity contribution is 1.34. The van der Waals surface area contributed by atoms with E-state index >= 15 is 0 Å². The van der Waals surface area contributed by atoms with Gasteiger partial charge in [0.15, 0.2) is 0 Å². The van der Waals surface area contributed by atoms with Crippen LogP contribution in [-0.4, -0.2) is 6.71 Å². The van der Waals surface area contributed by atoms with E-state index in [9.17, 15) is 0 Å². The highest BCUT2D eigenvalue weighted by molar-refractivity contribution is 6.98. The maximum atomic E-state index is 2.56. The number of hydrogen-bond acceptors (Lipinski definition) is 0. The molecule has 12 rings (SSSR count). The Hall–Kier alpha value is -8.26. The van der Waals surface area contributed by atoms with Crippen LogP contribution in [0.25, 0.3) is 99.1 Å². The molecule has 0 spiro atoms. The molecule has 0 heterocycles. The first kappa shape index (κ1) is 44.0. The summed E-state index contributed by atoms with van der Waals surface area (Å²) in [6.45, 7) is 13.7. The van der Waals surface area contributed by atoms with E-state index in [0.29, 0.717) is 0 Å². The smallest absolute Gasteiger partial charge is 0.0629 e. The van der Waals surface area contributed by atoms with E-state index < -0.39 is 0 Å². The van der Waals surface area contributed by atoms with Crippen LogP contribution in [0, 0.1) is 41.5 Å². The zero-order valence-electron chi connectivity index (χ0n) is 41.4. The minimum absolute atomic E-state index is 0.0156. The second-order valence-corrected chi connectivity index (χ2v) is 19.9. The zero-order valence-corrected chi connectivity index (χ0v) is 41.4. The minimum atomic E-state index is -0.0156. The lowest BCUT2D eigenvalue weighted by Crippen LogP contribution is -2.56. The predicted octanol–water partition coefficient (Wildman–Crippen LogP) is 17.0. The standard InChI is InChI=1S/C70H55B/c1-44-38-46(3)69(47(4)39-44)71(70-48(5)40-45(2)41-49(70)6)66-43-65(58-32-26-55(27-33-58)52-20-14-9-15-21-52)61-35-34-59-63(56-28-22-53(23-29-56)50-16-10-7-11-17-50)42-64(60-36-37-62(66)68(61)67(59)60)57-30-24-54(25-31-57)51-18-12-8-13-19-51/h7-43H,1-6H3. The van der Waals surface area contributed by atoms with Crippen molar-refractivity contribution in [1.29, 1.82) is 0 Å². The predicted molar refractivity (Wildman–Crippen MR) is 309 cm³/mol. The Morgan fingerprint density at radius 3 is 0.845 bits per heavy atom. The molecule has 71 heavy (non-hydrogen) atoms. The van der Waals surface area contributed by atoms with Gasteiger partial charge in [-0.15, -0.1) is 0 Å². The summed E-state index contributed by atoms with van der Waals surface area (Å²) in [5.74, 6) is 0. The summed E-state index contributed by atoms with van der Waals surface area (Å²) in [6.07, 6.45) is 0. The summed E-state index contributed by atoms with van der Waals surface area (Å²) in [7, 11) is 0. The highest BCUT2D eigenvalue weighted by Crippen LogP contribution is 2.46. The van der Waals surface area contributed by atoms with Crippen molar-refractivity contribution in [2.75, 3.05) is 0 Å². The molecule has 0 atom stereocenters. The van der Waals surface area contributed by atoms with E-state index in [1.165, 1.54) is 149 Å². The summed E-state index contributed by atoms with van der Waals surface area (Å²) in [4.78, 5) is 0. The zero-order chi connectivity index (χ0) is 48.3. The van der Waals surface area contributed by atoms with Crippen LogP contribution in [0.1, 0.15) is 33.4 Å². The summed E-state index contributed by atoms with van der Waals surface area (Å²) in [6, 6.07) is 84.2. The van der Waals surface area contributed by atoms with Gasteiger partial charge in [0.25, 0.3) is 0 Å². The molecule has 0 fully saturated rings. The molecule has 0 saturated carbocycles. The minimum Gasteiger partial charge on any atom is -0.0629 e. The molecule has 12 aromatic carbocycles. The van der Waals surface area contributed by atoms with Gasteiger partial charge in [-0.3, -0.25) is 0 Å². The Balaban J connectivity index is 1.19. The van der Waals surface area contributed by atoms with Gasteiger partial charge in [0, 0.05) is 0 Å². The Morgan fingerprint density at radius 2 is 0.507 bits per heavy atom. The lowest BCUT2D eigenvalue weighted by atomic mass is 9.33. The van der Waals surface area contributed by atoms with Crippen molar-refractivity contribution < 1.29 is 0 Å². The van der Waals surface area contributed by atoms with Gasteiger partial charge >= 0.3 is 0 Å². The van der Waals surface area contributed by atoms with Crippen LogP contribution in [0.3, 0.4) is 0 Å². The van der Waals surface area contributed by atoms with E-state index in [4.69, 9.17) is 0 Å². The van der Waals surface area contributed by atoms with Crippen LogP contribution in [0.5, 0.6) is 0 Å². The van der Waals surface area contributed by atoms with E-state index in [1.807, 2.05) is 0 Å². The molecular formula is C70H55B. The summed E-state index contributed by atoms with van der Waals surface area (Å²) in [5.41, 5.74) is 26.7. The largest absolute Gasteiger partial charge is 0.243 e. The molecule has 0 aliphatic carbocycles. The van der Waals surface area contributed by atoms with Crippen molar-refractivity contribution in [2.24, 2.45) is 0 Å². The van der Waals surface area contributed by atoms with Gasteiger partial charge in [-0.25, -0.2) is 0 Å². The average molecular weight is 907 g/mol. The second-order valence-electron chi connectivity index (χ2n) is 19.9. The molecule has 0 N–H and O–H groups in total. The number of benzene rings is 12. The van der Waals surface area contributed by atoms with Crippen LogP contribution in [0.2, 0.25) is 0 Å². The van der Waals surface area contributed by atoms with E-state index in [0.717, 1.165) is 0 Å². The second kappa shape index (κ2) is 17.9. The first-order chi connectivity index (χ1) is 34.7. The number of rotatable bonds is 9. The van der Waals surface area contributed by atoms with Crippen molar-refractivity contribution in [2.45, 2.75) is 41.5 Å². The monoisotopic (exact) mass is 906 g/mol. The van der Waals surface area contributed by atoms with Crippen LogP contribution in [-0.2, 0) is 0 Å². The maximum absolute atomic E-state index is 2.56. The highest BCUT2D eigenvalue weighted by atomic mass is 14.2. The van der Waals surface area contributed by atoms with Crippen molar-refractivity contribution in [3.63, 3.8) is 0 Å². The topological polar surface area (TPSA) is 0 Å². The van der Waals surface area contributed by atoms with Gasteiger partial charge in [0.05, 0.1) is 0 Å². The van der Waals surface area contributed by atoms with Gasteiger partial charge in [-0.2, -0.15) is 0 Å². The molecule has 0 aromatic heterocycles. The summed E-state index contributed by atoms with van der Waals surface area (Å²) < 4.78 is 0. The molecule has 338 valence electrons. The Labute approximate surface area is 419 Å². The van der Waals surface area contributed by atoms with Crippen molar-refractivity contribution in [3.8, 4) is 66.8 Å². The van der Waals surface area contributed by atoms with Gasteiger partial charge in [-0.1, -0.05) is 268 Å². The molecule has 0 bridgehead atoms. The number of hydrogen-bond donors (Lipinski definition) is 0. The van der Waals surface area contributed by atoms with Crippen molar-refractivity contribution >= 4 is 55.4 Å². The Bertz CT molecular complexity index is 3720. The third-order valence-corrected chi connectivity index (χ3v) is 15.2. The van der Waals surface area contributed by atoms with Gasteiger partial charge in [-0.05, 0) is 147 Å². The lowest BCUT2D eigenvalue weighted by Gasteiger charge is -2.28. The fraction of sp³-hybridized carbons (Fsp3) is 0.0857. The molecule has 0 radical (unpaired) electrons. The van der Waals surface area contributed by atoms with Crippen LogP contribution in [0.4, 0.5) is 0 Å². The maximum Gasteiger partial charge on any atom is 0.243 e. The third-order valence-electron chi connectivity index (χ3n) is 15.2. The quantitative estimate of drug-likeness (QED) is 0.1000. The van der Waals surface area contributed by atoms with Crippen LogP contribution < -0.4 is 16.4 Å². The van der Waals surface area contributed by atoms with E-state index in [2.05, 4.69) is 266 Å². The molecule has 0 aliphatic heterocycles. The fourth-order valence-corrected chi connectivity index (χ4v) is 12.1. The molecule has 0 saturated heterocycles. The Morgan fingerprint density at radius 1 is 0.239 bits per heavy atom. The van der Waals surface area contributed by atoms with Gasteiger partial charge in [0.1, 0.15) is 0 Å². The van der Waals surface area contributed by atoms with Crippen molar-refractivity contribution in [1.82, 2.24) is 0 Å². The molecular weight excluding hydrogens is 852 g/mol. The van der Waals surface area contributed by atoms with E-state index in [-0.39, 0.29) is 6.71 Å². The van der Waals surface area contributed by atoms with E-state index in [1.54, 1.807) is 0 Å². The fourth-order valence-electron chi connectivity index (χ4n) is 12.1. The molecule has 0 nitrogen and oxygen atoms in total. The number of aryl methyl sites for hydroxylation is 6. The SMILES string of the molecule is Cc1cc(C)c(B(c2c(C)cc(C)cc2C)c2cc(-c3ccc(-c4ccccc4)cc3)c3ccc4c(-c5ccc(-c6ccccc6)cc5)cc(-c5ccc(-c6ccccc6)cc5)c5ccc2c3c54)c(C)c1. The first-order valence-electron chi connectivity index (χ1n) is 25.1. The molecule has 0 aliphatic rings. The molecule has 0 amide bonds. The summed E-state index contributed by atoms with van der Waals surface area (Å²) >= 11 is 0. The molecule has 0 unspecified atom stereocenters.